The summed E-state index contributed by atoms with van der Waals surface area (Å²) in [6.45, 7) is 2.29. The number of carbonyl (C=O) groups is 1. The Balaban J connectivity index is 1.71. The smallest absolute Gasteiger partial charge is 0.303 e. The monoisotopic (exact) mass is 408 g/mol. The Morgan fingerprint density at radius 2 is 1.24 bits per heavy atom. The van der Waals surface area contributed by atoms with E-state index >= 15 is 0 Å². The van der Waals surface area contributed by atoms with E-state index in [-0.39, 0.29) is 18.6 Å². The van der Waals surface area contributed by atoms with Gasteiger partial charge in [-0.25, -0.2) is 0 Å². The molecule has 0 aromatic carbocycles. The van der Waals surface area contributed by atoms with Crippen LogP contribution in [0.1, 0.15) is 135 Å². The number of allylic oxidation sites excluding steroid dienone is 1. The fourth-order valence-electron chi connectivity index (χ4n) is 4.05. The Kier molecular flexibility index (Phi) is 17.3. The lowest BCUT2D eigenvalue weighted by atomic mass is 10.0. The van der Waals surface area contributed by atoms with E-state index in [1.807, 2.05) is 0 Å². The predicted molar refractivity (Wildman–Crippen MR) is 123 cm³/mol. The highest BCUT2D eigenvalue weighted by molar-refractivity contribution is 5.66. The van der Waals surface area contributed by atoms with E-state index in [4.69, 9.17) is 9.84 Å². The molecule has 1 aliphatic heterocycles. The van der Waals surface area contributed by atoms with Gasteiger partial charge in [-0.05, 0) is 25.7 Å². The standard InChI is InChI=1S/C26H48O3/c1-2-3-4-5-6-7-8-9-10-11-12-13-14-15-16-17-18-19-21-24-25(29-24)22-20-23-26(27)28/h19,21,24-25H,2-18,20,22-23H2,1H3,(H,27,28). The molecule has 2 unspecified atom stereocenters. The maximum Gasteiger partial charge on any atom is 0.303 e. The molecule has 1 saturated heterocycles. The number of aliphatic carboxylic acids is 1. The van der Waals surface area contributed by atoms with Crippen molar-refractivity contribution < 1.29 is 14.6 Å². The van der Waals surface area contributed by atoms with Gasteiger partial charge in [-0.2, -0.15) is 0 Å². The van der Waals surface area contributed by atoms with Gasteiger partial charge in [0.05, 0.1) is 6.10 Å². The number of hydrogen-bond donors (Lipinski definition) is 1. The summed E-state index contributed by atoms with van der Waals surface area (Å²) in [6, 6.07) is 0. The average molecular weight is 409 g/mol. The first kappa shape index (κ1) is 26.2. The second-order valence-corrected chi connectivity index (χ2v) is 8.95. The summed E-state index contributed by atoms with van der Waals surface area (Å²) in [5.74, 6) is -0.707. The van der Waals surface area contributed by atoms with Crippen LogP contribution < -0.4 is 0 Å². The van der Waals surface area contributed by atoms with Crippen LogP contribution in [-0.4, -0.2) is 23.3 Å². The fourth-order valence-corrected chi connectivity index (χ4v) is 4.05. The minimum Gasteiger partial charge on any atom is -0.481 e. The largest absolute Gasteiger partial charge is 0.481 e. The molecule has 29 heavy (non-hydrogen) atoms. The normalized spacial score (nSPS) is 18.5. The van der Waals surface area contributed by atoms with Crippen LogP contribution in [0.15, 0.2) is 12.2 Å². The van der Waals surface area contributed by atoms with Crippen LogP contribution in [0.4, 0.5) is 0 Å². The van der Waals surface area contributed by atoms with E-state index in [1.54, 1.807) is 0 Å². The molecular formula is C26H48O3. The van der Waals surface area contributed by atoms with Gasteiger partial charge in [0.2, 0.25) is 0 Å². The maximum atomic E-state index is 10.5. The van der Waals surface area contributed by atoms with Crippen LogP contribution in [0, 0.1) is 0 Å². The summed E-state index contributed by atoms with van der Waals surface area (Å²) in [5.41, 5.74) is 0. The highest BCUT2D eigenvalue weighted by Gasteiger charge is 2.35. The van der Waals surface area contributed by atoms with Crippen molar-refractivity contribution in [2.24, 2.45) is 0 Å². The Morgan fingerprint density at radius 1 is 0.759 bits per heavy atom. The van der Waals surface area contributed by atoms with Crippen molar-refractivity contribution in [2.75, 3.05) is 0 Å². The Hall–Kier alpha value is -0.830. The predicted octanol–water partition coefficient (Wildman–Crippen LogP) is 8.22. The molecular weight excluding hydrogens is 360 g/mol. The van der Waals surface area contributed by atoms with Gasteiger partial charge >= 0.3 is 5.97 Å². The quantitative estimate of drug-likeness (QED) is 0.111. The molecule has 1 heterocycles. The molecule has 170 valence electrons. The fraction of sp³-hybridized carbons (Fsp3) is 0.885. The van der Waals surface area contributed by atoms with Crippen LogP contribution in [-0.2, 0) is 9.53 Å². The molecule has 0 bridgehead atoms. The molecule has 1 aliphatic rings. The lowest BCUT2D eigenvalue weighted by Crippen LogP contribution is -1.97. The van der Waals surface area contributed by atoms with Gasteiger partial charge in [0.15, 0.2) is 0 Å². The van der Waals surface area contributed by atoms with Gasteiger partial charge in [-0.15, -0.1) is 0 Å². The van der Waals surface area contributed by atoms with Gasteiger partial charge in [0.25, 0.3) is 0 Å². The second-order valence-electron chi connectivity index (χ2n) is 8.95. The third-order valence-corrected chi connectivity index (χ3v) is 6.05. The lowest BCUT2D eigenvalue weighted by molar-refractivity contribution is -0.137. The summed E-state index contributed by atoms with van der Waals surface area (Å²) in [5, 5.41) is 8.63. The maximum absolute atomic E-state index is 10.5. The molecule has 1 N–H and O–H groups in total. The van der Waals surface area contributed by atoms with Crippen LogP contribution >= 0.6 is 0 Å². The van der Waals surface area contributed by atoms with Crippen molar-refractivity contribution in [3.63, 3.8) is 0 Å². The third-order valence-electron chi connectivity index (χ3n) is 6.05. The van der Waals surface area contributed by atoms with E-state index in [1.165, 1.54) is 103 Å². The SMILES string of the molecule is CCCCCCCCCCCCCCCCCCC=CC1OC1CCCC(=O)O. The van der Waals surface area contributed by atoms with Crippen molar-refractivity contribution in [1.29, 1.82) is 0 Å². The first-order chi connectivity index (χ1) is 14.2. The number of unbranched alkanes of at least 4 members (excludes halogenated alkanes) is 16. The van der Waals surface area contributed by atoms with E-state index in [0.717, 1.165) is 19.3 Å². The Bertz CT molecular complexity index is 405. The molecule has 2 atom stereocenters. The van der Waals surface area contributed by atoms with Crippen LogP contribution in [0.25, 0.3) is 0 Å². The number of hydrogen-bond acceptors (Lipinski definition) is 2. The van der Waals surface area contributed by atoms with E-state index in [9.17, 15) is 4.79 Å². The summed E-state index contributed by atoms with van der Waals surface area (Å²) >= 11 is 0. The lowest BCUT2D eigenvalue weighted by Gasteiger charge is -2.03. The zero-order valence-electron chi connectivity index (χ0n) is 19.2. The minimum absolute atomic E-state index is 0.254. The van der Waals surface area contributed by atoms with Crippen molar-refractivity contribution in [1.82, 2.24) is 0 Å². The summed E-state index contributed by atoms with van der Waals surface area (Å²) in [4.78, 5) is 10.5. The average Bonchev–Trinajstić information content (AvgIpc) is 3.45. The van der Waals surface area contributed by atoms with E-state index < -0.39 is 5.97 Å². The topological polar surface area (TPSA) is 49.8 Å². The second kappa shape index (κ2) is 19.2. The summed E-state index contributed by atoms with van der Waals surface area (Å²) < 4.78 is 5.55. The van der Waals surface area contributed by atoms with Crippen LogP contribution in [0.3, 0.4) is 0 Å². The van der Waals surface area contributed by atoms with E-state index in [0.29, 0.717) is 0 Å². The number of epoxide rings is 1. The Morgan fingerprint density at radius 3 is 1.72 bits per heavy atom. The Labute approximate surface area is 180 Å². The van der Waals surface area contributed by atoms with Gasteiger partial charge in [-0.1, -0.05) is 115 Å². The highest BCUT2D eigenvalue weighted by Crippen LogP contribution is 2.28. The molecule has 0 aromatic heterocycles. The summed E-state index contributed by atoms with van der Waals surface area (Å²) in [7, 11) is 0. The zero-order valence-corrected chi connectivity index (χ0v) is 19.2. The minimum atomic E-state index is -0.707. The van der Waals surface area contributed by atoms with Crippen molar-refractivity contribution >= 4 is 5.97 Å². The number of rotatable bonds is 22. The summed E-state index contributed by atoms with van der Waals surface area (Å²) in [6.07, 6.45) is 30.6. The number of ether oxygens (including phenoxy) is 1. The molecule has 1 rings (SSSR count). The first-order valence-corrected chi connectivity index (χ1v) is 12.8. The van der Waals surface area contributed by atoms with Gasteiger partial charge in [0, 0.05) is 6.42 Å². The number of carboxylic acids is 1. The highest BCUT2D eigenvalue weighted by atomic mass is 16.6. The molecule has 0 aromatic rings. The van der Waals surface area contributed by atoms with Gasteiger partial charge < -0.3 is 9.84 Å². The molecule has 3 heteroatoms. The molecule has 0 aliphatic carbocycles. The number of carboxylic acid groups (broad SMARTS) is 1. The molecule has 0 amide bonds. The van der Waals surface area contributed by atoms with Crippen LogP contribution in [0.5, 0.6) is 0 Å². The molecule has 1 fully saturated rings. The van der Waals surface area contributed by atoms with E-state index in [2.05, 4.69) is 19.1 Å². The zero-order chi connectivity index (χ0) is 21.0. The molecule has 0 spiro atoms. The van der Waals surface area contributed by atoms with Crippen molar-refractivity contribution in [3.8, 4) is 0 Å². The van der Waals surface area contributed by atoms with Crippen molar-refractivity contribution in [3.05, 3.63) is 12.2 Å². The van der Waals surface area contributed by atoms with Gasteiger partial charge in [0.1, 0.15) is 6.10 Å². The molecule has 0 saturated carbocycles. The first-order valence-electron chi connectivity index (χ1n) is 12.8. The van der Waals surface area contributed by atoms with Gasteiger partial charge in [-0.3, -0.25) is 4.79 Å². The van der Waals surface area contributed by atoms with Crippen molar-refractivity contribution in [2.45, 2.75) is 148 Å². The molecule has 0 radical (unpaired) electrons. The molecule has 3 nitrogen and oxygen atoms in total. The van der Waals surface area contributed by atoms with Crippen LogP contribution in [0.2, 0.25) is 0 Å². The third kappa shape index (κ3) is 17.7.